The van der Waals surface area contributed by atoms with E-state index < -0.39 is 0 Å². The van der Waals surface area contributed by atoms with E-state index in [1.54, 1.807) is 30.3 Å². The molecule has 0 radical (unpaired) electrons. The molecule has 4 aromatic rings. The number of halogens is 1. The van der Waals surface area contributed by atoms with Gasteiger partial charge in [-0.15, -0.1) is 0 Å². The van der Waals surface area contributed by atoms with Crippen molar-refractivity contribution in [3.8, 4) is 17.2 Å². The van der Waals surface area contributed by atoms with Crippen LogP contribution in [0.3, 0.4) is 0 Å². The normalized spacial score (nSPS) is 10.8. The SMILES string of the molecule is CCc1ccc2oc(-c3cc(NC(=S)NC(=O)c4cccc(Br)c4)ccc3O)nc2c1. The average molecular weight is 496 g/mol. The van der Waals surface area contributed by atoms with Crippen LogP contribution in [0, 0.1) is 0 Å². The molecule has 1 heterocycles. The lowest BCUT2D eigenvalue weighted by molar-refractivity contribution is 0.0977. The molecule has 156 valence electrons. The van der Waals surface area contributed by atoms with Gasteiger partial charge < -0.3 is 14.8 Å². The molecule has 6 nitrogen and oxygen atoms in total. The fraction of sp³-hybridized carbons (Fsp3) is 0.0870. The van der Waals surface area contributed by atoms with Gasteiger partial charge in [-0.2, -0.15) is 0 Å². The Morgan fingerprint density at radius 3 is 2.77 bits per heavy atom. The van der Waals surface area contributed by atoms with E-state index in [9.17, 15) is 9.90 Å². The number of oxazole rings is 1. The number of aromatic nitrogens is 1. The Kier molecular flexibility index (Phi) is 6.01. The summed E-state index contributed by atoms with van der Waals surface area (Å²) in [6.45, 7) is 2.07. The monoisotopic (exact) mass is 495 g/mol. The van der Waals surface area contributed by atoms with Crippen molar-refractivity contribution >= 4 is 56.0 Å². The van der Waals surface area contributed by atoms with Crippen molar-refractivity contribution in [1.29, 1.82) is 0 Å². The van der Waals surface area contributed by atoms with Crippen LogP contribution in [0.2, 0.25) is 0 Å². The van der Waals surface area contributed by atoms with Gasteiger partial charge in [0.05, 0.1) is 5.56 Å². The number of aryl methyl sites for hydroxylation is 1. The molecule has 0 bridgehead atoms. The van der Waals surface area contributed by atoms with Crippen LogP contribution in [0.4, 0.5) is 5.69 Å². The molecule has 0 atom stereocenters. The number of anilines is 1. The Morgan fingerprint density at radius 1 is 1.16 bits per heavy atom. The first-order chi connectivity index (χ1) is 14.9. The second-order valence-electron chi connectivity index (χ2n) is 6.83. The number of nitrogens with zero attached hydrogens (tertiary/aromatic N) is 1. The third kappa shape index (κ3) is 4.76. The fourth-order valence-corrected chi connectivity index (χ4v) is 3.67. The van der Waals surface area contributed by atoms with E-state index >= 15 is 0 Å². The number of carbonyl (C=O) groups excluding carboxylic acids is 1. The molecule has 0 aliphatic rings. The van der Waals surface area contributed by atoms with Gasteiger partial charge >= 0.3 is 0 Å². The molecule has 0 unspecified atom stereocenters. The smallest absolute Gasteiger partial charge is 0.257 e. The molecule has 31 heavy (non-hydrogen) atoms. The van der Waals surface area contributed by atoms with E-state index in [0.29, 0.717) is 28.3 Å². The first-order valence-electron chi connectivity index (χ1n) is 9.53. The minimum Gasteiger partial charge on any atom is -0.507 e. The zero-order valence-electron chi connectivity index (χ0n) is 16.5. The number of phenolic OH excluding ortho intramolecular Hbond substituents is 1. The number of amides is 1. The van der Waals surface area contributed by atoms with Gasteiger partial charge in [0.15, 0.2) is 10.7 Å². The molecule has 0 saturated heterocycles. The van der Waals surface area contributed by atoms with Crippen molar-refractivity contribution in [3.05, 3.63) is 76.3 Å². The highest BCUT2D eigenvalue weighted by atomic mass is 79.9. The van der Waals surface area contributed by atoms with Gasteiger partial charge in [-0.3, -0.25) is 10.1 Å². The molecular formula is C23H18BrN3O3S. The molecule has 0 aliphatic carbocycles. The topological polar surface area (TPSA) is 87.4 Å². The van der Waals surface area contributed by atoms with Gasteiger partial charge in [0.2, 0.25) is 5.89 Å². The van der Waals surface area contributed by atoms with Crippen LogP contribution < -0.4 is 10.6 Å². The summed E-state index contributed by atoms with van der Waals surface area (Å²) in [6.07, 6.45) is 0.895. The largest absolute Gasteiger partial charge is 0.507 e. The zero-order chi connectivity index (χ0) is 22.0. The molecule has 1 aromatic heterocycles. The summed E-state index contributed by atoms with van der Waals surface area (Å²) in [5, 5.41) is 16.1. The van der Waals surface area contributed by atoms with E-state index in [2.05, 4.69) is 38.5 Å². The van der Waals surface area contributed by atoms with Crippen LogP contribution in [0.5, 0.6) is 5.75 Å². The zero-order valence-corrected chi connectivity index (χ0v) is 18.9. The molecule has 0 fully saturated rings. The molecule has 0 aliphatic heterocycles. The number of nitrogens with one attached hydrogen (secondary N) is 2. The molecule has 0 spiro atoms. The molecule has 0 saturated carbocycles. The Morgan fingerprint density at radius 2 is 2.00 bits per heavy atom. The fourth-order valence-electron chi connectivity index (χ4n) is 3.06. The highest BCUT2D eigenvalue weighted by molar-refractivity contribution is 9.10. The van der Waals surface area contributed by atoms with Gasteiger partial charge in [0.25, 0.3) is 5.91 Å². The van der Waals surface area contributed by atoms with Crippen molar-refractivity contribution in [2.75, 3.05) is 5.32 Å². The van der Waals surface area contributed by atoms with Gasteiger partial charge in [0.1, 0.15) is 11.3 Å². The van der Waals surface area contributed by atoms with Gasteiger partial charge in [-0.1, -0.05) is 35.0 Å². The number of benzene rings is 3. The minimum atomic E-state index is -0.330. The number of rotatable bonds is 4. The van der Waals surface area contributed by atoms with Crippen molar-refractivity contribution in [2.45, 2.75) is 13.3 Å². The van der Waals surface area contributed by atoms with Gasteiger partial charge in [-0.25, -0.2) is 4.98 Å². The number of hydrogen-bond acceptors (Lipinski definition) is 5. The van der Waals surface area contributed by atoms with Crippen molar-refractivity contribution < 1.29 is 14.3 Å². The molecule has 8 heteroatoms. The van der Waals surface area contributed by atoms with Gasteiger partial charge in [0, 0.05) is 15.7 Å². The first-order valence-corrected chi connectivity index (χ1v) is 10.7. The van der Waals surface area contributed by atoms with Crippen LogP contribution in [-0.4, -0.2) is 21.1 Å². The summed E-state index contributed by atoms with van der Waals surface area (Å²) >= 11 is 8.60. The maximum absolute atomic E-state index is 12.4. The number of phenols is 1. The predicted octanol–water partition coefficient (Wildman–Crippen LogP) is 5.65. The molecule has 1 amide bonds. The van der Waals surface area contributed by atoms with E-state index in [-0.39, 0.29) is 16.8 Å². The Balaban J connectivity index is 1.54. The van der Waals surface area contributed by atoms with E-state index in [1.807, 2.05) is 24.3 Å². The summed E-state index contributed by atoms with van der Waals surface area (Å²) in [5.41, 5.74) is 3.98. The lowest BCUT2D eigenvalue weighted by atomic mass is 10.1. The average Bonchev–Trinajstić information content (AvgIpc) is 3.18. The van der Waals surface area contributed by atoms with Crippen LogP contribution in [0.25, 0.3) is 22.6 Å². The third-order valence-electron chi connectivity index (χ3n) is 4.66. The lowest BCUT2D eigenvalue weighted by Crippen LogP contribution is -2.34. The second-order valence-corrected chi connectivity index (χ2v) is 8.15. The molecular weight excluding hydrogens is 478 g/mol. The van der Waals surface area contributed by atoms with E-state index in [1.165, 1.54) is 6.07 Å². The summed E-state index contributed by atoms with van der Waals surface area (Å²) < 4.78 is 6.62. The highest BCUT2D eigenvalue weighted by Gasteiger charge is 2.15. The van der Waals surface area contributed by atoms with Crippen LogP contribution in [-0.2, 0) is 6.42 Å². The number of hydrogen-bond donors (Lipinski definition) is 3. The summed E-state index contributed by atoms with van der Waals surface area (Å²) in [5.74, 6) is -0.00566. The first kappa shape index (κ1) is 21.0. The van der Waals surface area contributed by atoms with Gasteiger partial charge in [-0.05, 0) is 72.7 Å². The second kappa shape index (κ2) is 8.87. The number of aromatic hydroxyl groups is 1. The van der Waals surface area contributed by atoms with E-state index in [0.717, 1.165) is 22.0 Å². The molecule has 3 N–H and O–H groups in total. The number of fused-ring (bicyclic) bond motifs is 1. The van der Waals surface area contributed by atoms with Crippen LogP contribution >= 0.6 is 28.1 Å². The van der Waals surface area contributed by atoms with Crippen LogP contribution in [0.1, 0.15) is 22.8 Å². The minimum absolute atomic E-state index is 0.0249. The maximum Gasteiger partial charge on any atom is 0.257 e. The Labute approximate surface area is 192 Å². The lowest BCUT2D eigenvalue weighted by Gasteiger charge is -2.11. The van der Waals surface area contributed by atoms with Crippen LogP contribution in [0.15, 0.2) is 69.6 Å². The number of thiocarbonyl (C=S) groups is 1. The predicted molar refractivity (Wildman–Crippen MR) is 128 cm³/mol. The molecule has 3 aromatic carbocycles. The van der Waals surface area contributed by atoms with Crippen molar-refractivity contribution in [3.63, 3.8) is 0 Å². The summed E-state index contributed by atoms with van der Waals surface area (Å²) in [4.78, 5) is 16.9. The van der Waals surface area contributed by atoms with Crippen molar-refractivity contribution in [1.82, 2.24) is 10.3 Å². The Bertz CT molecular complexity index is 1300. The summed E-state index contributed by atoms with van der Waals surface area (Å²) in [7, 11) is 0. The summed E-state index contributed by atoms with van der Waals surface area (Å²) in [6, 6.07) is 17.7. The standard InChI is InChI=1S/C23H18BrN3O3S/c1-2-13-6-9-20-18(10-13)26-22(30-20)17-12-16(7-8-19(17)28)25-23(31)27-21(29)14-4-3-5-15(24)11-14/h3-12,28H,2H2,1H3,(H2,25,27,29,31). The Hall–Kier alpha value is -3.23. The third-order valence-corrected chi connectivity index (χ3v) is 5.36. The maximum atomic E-state index is 12.4. The van der Waals surface area contributed by atoms with Crippen molar-refractivity contribution in [2.24, 2.45) is 0 Å². The number of carbonyl (C=O) groups is 1. The quantitative estimate of drug-likeness (QED) is 0.250. The molecule has 4 rings (SSSR count). The van der Waals surface area contributed by atoms with E-state index in [4.69, 9.17) is 16.6 Å². The highest BCUT2D eigenvalue weighted by Crippen LogP contribution is 2.33.